The molecule has 144 valence electrons. The van der Waals surface area contributed by atoms with E-state index in [0.29, 0.717) is 24.5 Å². The second kappa shape index (κ2) is 7.64. The monoisotopic (exact) mass is 378 g/mol. The number of para-hydroxylation sites is 1. The number of ether oxygens (including phenoxy) is 1. The Morgan fingerprint density at radius 2 is 1.96 bits per heavy atom. The molecule has 1 aliphatic rings. The summed E-state index contributed by atoms with van der Waals surface area (Å²) in [5.41, 5.74) is 1.91. The van der Waals surface area contributed by atoms with Crippen LogP contribution in [0, 0.1) is 12.0 Å². The largest absolute Gasteiger partial charge is 0.492 e. The number of aromatic hydroxyl groups is 1. The quantitative estimate of drug-likeness (QED) is 0.618. The fourth-order valence-electron chi connectivity index (χ4n) is 2.78. The Hall–Kier alpha value is -3.47. The van der Waals surface area contributed by atoms with Crippen LogP contribution in [0.15, 0.2) is 56.8 Å². The van der Waals surface area contributed by atoms with Crippen molar-refractivity contribution < 1.29 is 9.84 Å². The van der Waals surface area contributed by atoms with E-state index in [2.05, 4.69) is 25.2 Å². The van der Waals surface area contributed by atoms with Gasteiger partial charge in [0, 0.05) is 0 Å². The molecule has 0 saturated heterocycles. The van der Waals surface area contributed by atoms with Gasteiger partial charge in [-0.25, -0.2) is 4.85 Å². The van der Waals surface area contributed by atoms with E-state index < -0.39 is 0 Å². The van der Waals surface area contributed by atoms with Crippen LogP contribution in [0.3, 0.4) is 0 Å². The Kier molecular flexibility index (Phi) is 5.27. The SMILES string of the molecule is [C-]#[N+]C1=C(C(C)(C)C)CN=C1/N=N/c1c(OCC)nn(-c2ccccc2)c1O. The van der Waals surface area contributed by atoms with Crippen molar-refractivity contribution >= 4 is 11.5 Å². The van der Waals surface area contributed by atoms with Crippen LogP contribution < -0.4 is 4.74 Å². The van der Waals surface area contributed by atoms with Crippen molar-refractivity contribution in [2.75, 3.05) is 13.2 Å². The summed E-state index contributed by atoms with van der Waals surface area (Å²) in [6, 6.07) is 9.16. The van der Waals surface area contributed by atoms with Crippen LogP contribution in [-0.2, 0) is 0 Å². The number of azo groups is 1. The molecule has 0 unspecified atom stereocenters. The summed E-state index contributed by atoms with van der Waals surface area (Å²) in [7, 11) is 0. The Bertz CT molecular complexity index is 1000. The molecule has 1 N–H and O–H groups in total. The van der Waals surface area contributed by atoms with Crippen LogP contribution in [0.4, 0.5) is 5.69 Å². The van der Waals surface area contributed by atoms with Crippen LogP contribution >= 0.6 is 0 Å². The number of nitrogens with zero attached hydrogens (tertiary/aromatic N) is 6. The van der Waals surface area contributed by atoms with E-state index in [1.54, 1.807) is 12.1 Å². The predicted octanol–water partition coefficient (Wildman–Crippen LogP) is 4.69. The van der Waals surface area contributed by atoms with Gasteiger partial charge in [-0.05, 0) is 30.0 Å². The summed E-state index contributed by atoms with van der Waals surface area (Å²) in [5.74, 6) is 0.228. The van der Waals surface area contributed by atoms with Crippen molar-refractivity contribution in [3.8, 4) is 17.4 Å². The van der Waals surface area contributed by atoms with Gasteiger partial charge in [-0.1, -0.05) is 39.0 Å². The van der Waals surface area contributed by atoms with Gasteiger partial charge in [-0.3, -0.25) is 4.99 Å². The first-order valence-corrected chi connectivity index (χ1v) is 8.94. The van der Waals surface area contributed by atoms with Gasteiger partial charge in [-0.2, -0.15) is 4.68 Å². The first-order chi connectivity index (χ1) is 13.4. The van der Waals surface area contributed by atoms with Gasteiger partial charge in [0.05, 0.1) is 25.4 Å². The first-order valence-electron chi connectivity index (χ1n) is 8.94. The maximum atomic E-state index is 10.6. The highest BCUT2D eigenvalue weighted by Crippen LogP contribution is 2.39. The van der Waals surface area contributed by atoms with Crippen molar-refractivity contribution in [1.82, 2.24) is 9.78 Å². The predicted molar refractivity (Wildman–Crippen MR) is 106 cm³/mol. The number of hydrogen-bond acceptors (Lipinski definition) is 6. The summed E-state index contributed by atoms with van der Waals surface area (Å²) in [5, 5.41) is 23.2. The fourth-order valence-corrected chi connectivity index (χ4v) is 2.78. The molecule has 28 heavy (non-hydrogen) atoms. The van der Waals surface area contributed by atoms with Crippen molar-refractivity contribution in [2.24, 2.45) is 20.6 Å². The normalized spacial score (nSPS) is 14.5. The zero-order valence-corrected chi connectivity index (χ0v) is 16.3. The highest BCUT2D eigenvalue weighted by Gasteiger charge is 2.29. The van der Waals surface area contributed by atoms with Crippen molar-refractivity contribution in [1.29, 1.82) is 0 Å². The molecule has 3 rings (SSSR count). The van der Waals surface area contributed by atoms with E-state index in [1.807, 2.05) is 45.9 Å². The molecule has 0 saturated carbocycles. The standard InChI is InChI=1S/C20H22N6O2/c1-6-28-18-16(19(27)26(25-18)13-10-8-7-9-11-13)23-24-17-15(21-5)14(12-22-17)20(2,3)4/h7-11,27H,6,12H2,1-4H3/b24-23+. The molecule has 2 aromatic rings. The zero-order valence-electron chi connectivity index (χ0n) is 16.3. The molecule has 0 radical (unpaired) electrons. The van der Waals surface area contributed by atoms with Crippen molar-refractivity contribution in [3.63, 3.8) is 0 Å². The average Bonchev–Trinajstić information content (AvgIpc) is 3.22. The Labute approximate surface area is 163 Å². The third-order valence-corrected chi connectivity index (χ3v) is 4.23. The number of benzene rings is 1. The lowest BCUT2D eigenvalue weighted by molar-refractivity contribution is 0.325. The third kappa shape index (κ3) is 3.64. The average molecular weight is 378 g/mol. The molecular weight excluding hydrogens is 356 g/mol. The van der Waals surface area contributed by atoms with Gasteiger partial charge < -0.3 is 9.84 Å². The summed E-state index contributed by atoms with van der Waals surface area (Å²) in [6.07, 6.45) is 0. The lowest BCUT2D eigenvalue weighted by Crippen LogP contribution is -2.12. The van der Waals surface area contributed by atoms with Gasteiger partial charge in [-0.15, -0.1) is 15.3 Å². The number of hydrogen-bond donors (Lipinski definition) is 1. The minimum Gasteiger partial charge on any atom is -0.492 e. The first kappa shape index (κ1) is 19.3. The van der Waals surface area contributed by atoms with E-state index >= 15 is 0 Å². The summed E-state index contributed by atoms with van der Waals surface area (Å²) in [4.78, 5) is 7.93. The number of aromatic nitrogens is 2. The van der Waals surface area contributed by atoms with Crippen molar-refractivity contribution in [3.05, 3.63) is 53.0 Å². The number of aliphatic imine (C=N–C) groups is 1. The van der Waals surface area contributed by atoms with E-state index in [9.17, 15) is 5.11 Å². The van der Waals surface area contributed by atoms with Crippen LogP contribution in [0.5, 0.6) is 11.8 Å². The second-order valence-corrected chi connectivity index (χ2v) is 7.19. The smallest absolute Gasteiger partial charge is 0.265 e. The molecule has 1 aromatic heterocycles. The van der Waals surface area contributed by atoms with Gasteiger partial charge in [0.2, 0.25) is 17.3 Å². The van der Waals surface area contributed by atoms with Crippen LogP contribution in [0.2, 0.25) is 0 Å². The van der Waals surface area contributed by atoms with Gasteiger partial charge >= 0.3 is 0 Å². The number of amidine groups is 1. The second-order valence-electron chi connectivity index (χ2n) is 7.19. The van der Waals surface area contributed by atoms with E-state index in [0.717, 1.165) is 5.57 Å². The van der Waals surface area contributed by atoms with Crippen LogP contribution in [0.25, 0.3) is 10.5 Å². The van der Waals surface area contributed by atoms with Gasteiger partial charge in [0.25, 0.3) is 5.88 Å². The maximum Gasteiger partial charge on any atom is 0.265 e. The minimum atomic E-state index is -0.193. The van der Waals surface area contributed by atoms with Crippen LogP contribution in [0.1, 0.15) is 27.7 Å². The molecule has 0 spiro atoms. The maximum absolute atomic E-state index is 10.6. The molecule has 8 heteroatoms. The molecule has 0 aliphatic carbocycles. The minimum absolute atomic E-state index is 0.0990. The van der Waals surface area contributed by atoms with E-state index in [1.165, 1.54) is 4.68 Å². The van der Waals surface area contributed by atoms with E-state index in [-0.39, 0.29) is 28.7 Å². The number of rotatable bonds is 4. The Balaban J connectivity index is 2.00. The molecule has 1 aliphatic heterocycles. The van der Waals surface area contributed by atoms with E-state index in [4.69, 9.17) is 11.3 Å². The molecule has 8 nitrogen and oxygen atoms in total. The van der Waals surface area contributed by atoms with Gasteiger partial charge in [0.15, 0.2) is 5.84 Å². The topological polar surface area (TPSA) is 88.7 Å². The third-order valence-electron chi connectivity index (χ3n) is 4.23. The molecule has 0 atom stereocenters. The summed E-state index contributed by atoms with van der Waals surface area (Å²) >= 11 is 0. The highest BCUT2D eigenvalue weighted by atomic mass is 16.5. The van der Waals surface area contributed by atoms with Crippen molar-refractivity contribution in [2.45, 2.75) is 27.7 Å². The van der Waals surface area contributed by atoms with Gasteiger partial charge in [0.1, 0.15) is 0 Å². The lowest BCUT2D eigenvalue weighted by Gasteiger charge is -2.20. The zero-order chi connectivity index (χ0) is 20.3. The molecular formula is C20H22N6O2. The Morgan fingerprint density at radius 3 is 2.57 bits per heavy atom. The Morgan fingerprint density at radius 1 is 1.25 bits per heavy atom. The summed E-state index contributed by atoms with van der Waals surface area (Å²) < 4.78 is 6.84. The summed E-state index contributed by atoms with van der Waals surface area (Å²) in [6.45, 7) is 16.2. The fraction of sp³-hybridized carbons (Fsp3) is 0.350. The molecule has 0 amide bonds. The molecule has 1 aromatic carbocycles. The molecule has 2 heterocycles. The highest BCUT2D eigenvalue weighted by molar-refractivity contribution is 6.03. The molecule has 0 bridgehead atoms. The molecule has 0 fully saturated rings. The van der Waals surface area contributed by atoms with Crippen LogP contribution in [-0.4, -0.2) is 33.9 Å². The lowest BCUT2D eigenvalue weighted by atomic mass is 9.86.